The van der Waals surface area contributed by atoms with Crippen molar-refractivity contribution in [3.05, 3.63) is 12.7 Å². The van der Waals surface area contributed by atoms with Gasteiger partial charge in [0.15, 0.2) is 0 Å². The van der Waals surface area contributed by atoms with Gasteiger partial charge in [-0.1, -0.05) is 32.3 Å². The highest BCUT2D eigenvalue weighted by molar-refractivity contribution is 5.83. The van der Waals surface area contributed by atoms with Crippen molar-refractivity contribution in [3.63, 3.8) is 0 Å². The first-order valence-corrected chi connectivity index (χ1v) is 5.93. The normalized spacial score (nSPS) is 26.8. The van der Waals surface area contributed by atoms with E-state index >= 15 is 0 Å². The first-order valence-electron chi connectivity index (χ1n) is 5.93. The van der Waals surface area contributed by atoms with Gasteiger partial charge in [0.2, 0.25) is 0 Å². The number of Topliss-reactive ketones (excluding diaryl/α,β-unsaturated/α-hetero) is 1. The third-order valence-corrected chi connectivity index (χ3v) is 3.33. The van der Waals surface area contributed by atoms with Gasteiger partial charge in [-0.15, -0.1) is 6.58 Å². The van der Waals surface area contributed by atoms with E-state index in [2.05, 4.69) is 13.5 Å². The quantitative estimate of drug-likeness (QED) is 0.465. The van der Waals surface area contributed by atoms with Gasteiger partial charge in [0.1, 0.15) is 5.78 Å². The van der Waals surface area contributed by atoms with Gasteiger partial charge in [0.25, 0.3) is 0 Å². The highest BCUT2D eigenvalue weighted by Crippen LogP contribution is 2.34. The molecule has 1 rings (SSSR count). The third kappa shape index (κ3) is 2.97. The fraction of sp³-hybridized carbons (Fsp3) is 0.769. The topological polar surface area (TPSA) is 17.1 Å². The summed E-state index contributed by atoms with van der Waals surface area (Å²) >= 11 is 0. The molecule has 14 heavy (non-hydrogen) atoms. The van der Waals surface area contributed by atoms with E-state index in [1.165, 1.54) is 19.3 Å². The molecule has 2 unspecified atom stereocenters. The summed E-state index contributed by atoms with van der Waals surface area (Å²) in [6, 6.07) is 0. The summed E-state index contributed by atoms with van der Waals surface area (Å²) in [6.07, 6.45) is 9.76. The Hall–Kier alpha value is -0.590. The molecule has 1 aliphatic carbocycles. The summed E-state index contributed by atoms with van der Waals surface area (Å²) < 4.78 is 0. The predicted octanol–water partition coefficient (Wildman–Crippen LogP) is 3.74. The molecule has 0 N–H and O–H groups in total. The Kier molecular flexibility index (Phi) is 4.92. The number of hydrogen-bond acceptors (Lipinski definition) is 1. The van der Waals surface area contributed by atoms with E-state index in [9.17, 15) is 4.79 Å². The Labute approximate surface area is 87.6 Å². The van der Waals surface area contributed by atoms with E-state index in [4.69, 9.17) is 0 Å². The molecule has 1 aliphatic rings. The molecule has 0 aromatic rings. The number of unbranched alkanes of at least 4 members (excludes halogenated alkanes) is 2. The lowest BCUT2D eigenvalue weighted by Gasteiger charge is -2.16. The van der Waals surface area contributed by atoms with Gasteiger partial charge < -0.3 is 0 Å². The summed E-state index contributed by atoms with van der Waals surface area (Å²) in [5.74, 6) is 1.48. The molecule has 1 fully saturated rings. The van der Waals surface area contributed by atoms with Crippen LogP contribution in [0.5, 0.6) is 0 Å². The van der Waals surface area contributed by atoms with Crippen LogP contribution in [0.1, 0.15) is 51.9 Å². The molecule has 2 atom stereocenters. The monoisotopic (exact) mass is 194 g/mol. The number of allylic oxidation sites excluding steroid dienone is 1. The molecular weight excluding hydrogens is 172 g/mol. The standard InChI is InChI=1S/C13H22O/c1-3-5-6-8-12-11(7-4-2)9-10-13(12)14/h4,11-12H,2-3,5-10H2,1H3. The number of ketones is 1. The number of rotatable bonds is 6. The van der Waals surface area contributed by atoms with E-state index in [0.717, 1.165) is 25.7 Å². The van der Waals surface area contributed by atoms with Gasteiger partial charge >= 0.3 is 0 Å². The number of carbonyl (C=O) groups is 1. The predicted molar refractivity (Wildman–Crippen MR) is 60.2 cm³/mol. The van der Waals surface area contributed by atoms with Crippen LogP contribution in [-0.4, -0.2) is 5.78 Å². The fourth-order valence-electron chi connectivity index (χ4n) is 2.48. The maximum absolute atomic E-state index is 11.6. The zero-order valence-electron chi connectivity index (χ0n) is 9.30. The summed E-state index contributed by atoms with van der Waals surface area (Å²) in [5.41, 5.74) is 0. The van der Waals surface area contributed by atoms with Gasteiger partial charge in [-0.3, -0.25) is 4.79 Å². The maximum atomic E-state index is 11.6. The van der Waals surface area contributed by atoms with E-state index in [0.29, 0.717) is 17.6 Å². The molecule has 80 valence electrons. The van der Waals surface area contributed by atoms with E-state index in [1.54, 1.807) is 0 Å². The van der Waals surface area contributed by atoms with Gasteiger partial charge in [-0.25, -0.2) is 0 Å². The molecule has 1 nitrogen and oxygen atoms in total. The molecule has 0 spiro atoms. The van der Waals surface area contributed by atoms with E-state index < -0.39 is 0 Å². The Balaban J connectivity index is 2.36. The molecule has 0 bridgehead atoms. The lowest BCUT2D eigenvalue weighted by molar-refractivity contribution is -0.121. The van der Waals surface area contributed by atoms with Crippen molar-refractivity contribution < 1.29 is 4.79 Å². The van der Waals surface area contributed by atoms with E-state index in [-0.39, 0.29) is 0 Å². The van der Waals surface area contributed by atoms with Crippen LogP contribution in [0.25, 0.3) is 0 Å². The number of hydrogen-bond donors (Lipinski definition) is 0. The second-order valence-corrected chi connectivity index (χ2v) is 4.39. The van der Waals surface area contributed by atoms with Crippen molar-refractivity contribution in [1.29, 1.82) is 0 Å². The summed E-state index contributed by atoms with van der Waals surface area (Å²) in [4.78, 5) is 11.6. The smallest absolute Gasteiger partial charge is 0.136 e. The highest BCUT2D eigenvalue weighted by Gasteiger charge is 2.32. The van der Waals surface area contributed by atoms with Crippen molar-refractivity contribution in [2.75, 3.05) is 0 Å². The molecule has 0 saturated heterocycles. The molecule has 1 saturated carbocycles. The molecule has 0 radical (unpaired) electrons. The van der Waals surface area contributed by atoms with Gasteiger partial charge in [-0.2, -0.15) is 0 Å². The largest absolute Gasteiger partial charge is 0.299 e. The molecule has 0 heterocycles. The zero-order valence-corrected chi connectivity index (χ0v) is 9.30. The molecule has 0 aromatic carbocycles. The van der Waals surface area contributed by atoms with Crippen molar-refractivity contribution in [2.24, 2.45) is 11.8 Å². The highest BCUT2D eigenvalue weighted by atomic mass is 16.1. The van der Waals surface area contributed by atoms with Crippen LogP contribution < -0.4 is 0 Å². The second-order valence-electron chi connectivity index (χ2n) is 4.39. The molecule has 0 aromatic heterocycles. The molecule has 1 heteroatoms. The molecule has 0 aliphatic heterocycles. The molecule has 0 amide bonds. The summed E-state index contributed by atoms with van der Waals surface area (Å²) in [7, 11) is 0. The minimum atomic E-state index is 0.361. The average molecular weight is 194 g/mol. The lowest BCUT2D eigenvalue weighted by Crippen LogP contribution is -2.14. The Morgan fingerprint density at radius 1 is 1.50 bits per heavy atom. The minimum Gasteiger partial charge on any atom is -0.299 e. The average Bonchev–Trinajstić information content (AvgIpc) is 2.50. The van der Waals surface area contributed by atoms with Crippen LogP contribution in [-0.2, 0) is 4.79 Å². The van der Waals surface area contributed by atoms with Gasteiger partial charge in [0.05, 0.1) is 0 Å². The molecular formula is C13H22O. The summed E-state index contributed by atoms with van der Waals surface area (Å²) in [6.45, 7) is 5.97. The first kappa shape index (κ1) is 11.5. The maximum Gasteiger partial charge on any atom is 0.136 e. The van der Waals surface area contributed by atoms with Crippen LogP contribution in [0.2, 0.25) is 0 Å². The fourth-order valence-corrected chi connectivity index (χ4v) is 2.48. The Morgan fingerprint density at radius 3 is 2.93 bits per heavy atom. The van der Waals surface area contributed by atoms with Crippen molar-refractivity contribution in [1.82, 2.24) is 0 Å². The summed E-state index contributed by atoms with van der Waals surface area (Å²) in [5, 5.41) is 0. The van der Waals surface area contributed by atoms with Crippen molar-refractivity contribution in [2.45, 2.75) is 51.9 Å². The first-order chi connectivity index (χ1) is 6.79. The van der Waals surface area contributed by atoms with Crippen molar-refractivity contribution in [3.8, 4) is 0 Å². The van der Waals surface area contributed by atoms with Gasteiger partial charge in [-0.05, 0) is 25.2 Å². The Bertz CT molecular complexity index is 195. The SMILES string of the molecule is C=CCC1CCC(=O)C1CCCCC. The lowest BCUT2D eigenvalue weighted by atomic mass is 9.88. The van der Waals surface area contributed by atoms with E-state index in [1.807, 2.05) is 6.08 Å². The Morgan fingerprint density at radius 2 is 2.29 bits per heavy atom. The second kappa shape index (κ2) is 6.00. The van der Waals surface area contributed by atoms with Crippen molar-refractivity contribution >= 4 is 5.78 Å². The van der Waals surface area contributed by atoms with Crippen LogP contribution >= 0.6 is 0 Å². The van der Waals surface area contributed by atoms with Crippen LogP contribution in [0.15, 0.2) is 12.7 Å². The zero-order chi connectivity index (χ0) is 10.4. The third-order valence-electron chi connectivity index (χ3n) is 3.33. The minimum absolute atomic E-state index is 0.361. The number of carbonyl (C=O) groups excluding carboxylic acids is 1. The van der Waals surface area contributed by atoms with Crippen LogP contribution in [0, 0.1) is 11.8 Å². The van der Waals surface area contributed by atoms with Crippen LogP contribution in [0.4, 0.5) is 0 Å². The van der Waals surface area contributed by atoms with Gasteiger partial charge in [0, 0.05) is 12.3 Å². The van der Waals surface area contributed by atoms with Crippen LogP contribution in [0.3, 0.4) is 0 Å².